The molecule has 6 heteroatoms. The third-order valence-electron chi connectivity index (χ3n) is 4.77. The van der Waals surface area contributed by atoms with E-state index >= 15 is 0 Å². The maximum Gasteiger partial charge on any atom is 0.271 e. The Balaban J connectivity index is 2.30. The minimum absolute atomic E-state index is 0.0709. The highest BCUT2D eigenvalue weighted by Gasteiger charge is 2.28. The van der Waals surface area contributed by atoms with Gasteiger partial charge in [-0.1, -0.05) is 18.6 Å². The topological polar surface area (TPSA) is 96.2 Å². The van der Waals surface area contributed by atoms with E-state index in [2.05, 4.69) is 0 Å². The number of ketones is 1. The molecule has 2 aromatic heterocycles. The number of aryl methyl sites for hydroxylation is 2. The lowest BCUT2D eigenvalue weighted by molar-refractivity contribution is 0.100. The van der Waals surface area contributed by atoms with E-state index in [0.29, 0.717) is 17.6 Å². The Bertz CT molecular complexity index is 1180. The number of aromatic hydroxyl groups is 1. The van der Waals surface area contributed by atoms with Crippen molar-refractivity contribution >= 4 is 16.8 Å². The van der Waals surface area contributed by atoms with Gasteiger partial charge in [-0.15, -0.1) is 0 Å². The number of benzene rings is 1. The molecule has 0 fully saturated rings. The van der Waals surface area contributed by atoms with Crippen molar-refractivity contribution < 1.29 is 14.3 Å². The van der Waals surface area contributed by atoms with Crippen molar-refractivity contribution in [2.75, 3.05) is 0 Å². The van der Waals surface area contributed by atoms with Crippen molar-refractivity contribution in [1.29, 1.82) is 5.26 Å². The van der Waals surface area contributed by atoms with Crippen molar-refractivity contribution in [2.24, 2.45) is 0 Å². The van der Waals surface area contributed by atoms with Crippen LogP contribution in [0.5, 0.6) is 5.88 Å². The fraction of sp³-hybridized carbons (Fsp3) is 0.286. The highest BCUT2D eigenvalue weighted by Crippen LogP contribution is 2.31. The zero-order chi connectivity index (χ0) is 19.9. The van der Waals surface area contributed by atoms with Crippen LogP contribution in [0.25, 0.3) is 11.0 Å². The van der Waals surface area contributed by atoms with Gasteiger partial charge >= 0.3 is 0 Å². The molecule has 0 radical (unpaired) electrons. The Kier molecular flexibility index (Phi) is 4.63. The fourth-order valence-electron chi connectivity index (χ4n) is 3.32. The molecule has 0 atom stereocenters. The molecule has 0 aliphatic rings. The number of fused-ring (bicyclic) bond motifs is 1. The van der Waals surface area contributed by atoms with E-state index in [1.165, 1.54) is 6.92 Å². The first-order chi connectivity index (χ1) is 12.8. The van der Waals surface area contributed by atoms with Gasteiger partial charge in [0.15, 0.2) is 5.76 Å². The first kappa shape index (κ1) is 18.5. The summed E-state index contributed by atoms with van der Waals surface area (Å²) in [7, 11) is 0. The molecule has 0 aliphatic heterocycles. The Labute approximate surface area is 156 Å². The van der Waals surface area contributed by atoms with Gasteiger partial charge in [0.1, 0.15) is 17.2 Å². The summed E-state index contributed by atoms with van der Waals surface area (Å²) in [5.41, 5.74) is 1.61. The monoisotopic (exact) mass is 364 g/mol. The number of hydrogen-bond donors (Lipinski definition) is 1. The van der Waals surface area contributed by atoms with Crippen LogP contribution >= 0.6 is 0 Å². The second kappa shape index (κ2) is 6.76. The number of carbonyl (C=O) groups is 1. The van der Waals surface area contributed by atoms with Crippen LogP contribution in [-0.4, -0.2) is 15.5 Å². The Morgan fingerprint density at radius 2 is 1.96 bits per heavy atom. The van der Waals surface area contributed by atoms with Crippen LogP contribution in [-0.2, 0) is 6.54 Å². The van der Waals surface area contributed by atoms with Crippen LogP contribution in [0.2, 0.25) is 0 Å². The van der Waals surface area contributed by atoms with E-state index in [-0.39, 0.29) is 29.0 Å². The smallest absolute Gasteiger partial charge is 0.271 e. The molecular weight excluding hydrogens is 344 g/mol. The molecule has 0 amide bonds. The van der Waals surface area contributed by atoms with Gasteiger partial charge in [0, 0.05) is 17.5 Å². The lowest BCUT2D eigenvalue weighted by Crippen LogP contribution is -2.26. The van der Waals surface area contributed by atoms with Gasteiger partial charge in [-0.3, -0.25) is 14.2 Å². The third kappa shape index (κ3) is 2.81. The number of nitrogens with zero attached hydrogens (tertiary/aromatic N) is 2. The van der Waals surface area contributed by atoms with Crippen LogP contribution in [0.3, 0.4) is 0 Å². The Hall–Kier alpha value is -3.33. The number of pyridine rings is 1. The molecule has 3 rings (SSSR count). The molecule has 138 valence electrons. The Morgan fingerprint density at radius 1 is 1.26 bits per heavy atom. The van der Waals surface area contributed by atoms with E-state index in [1.807, 2.05) is 32.0 Å². The van der Waals surface area contributed by atoms with Crippen LogP contribution in [0, 0.1) is 32.1 Å². The molecule has 0 saturated carbocycles. The number of carbonyl (C=O) groups excluding carboxylic acids is 1. The Morgan fingerprint density at radius 3 is 2.59 bits per heavy atom. The SMILES string of the molecule is CCCn1c(O)c(C(=O)c2oc3ccc(C)cc3c2C)c(C)c(C#N)c1=O. The largest absolute Gasteiger partial charge is 0.494 e. The standard InChI is InChI=1S/C21H20N2O4/c1-5-8-23-20(25)15(10-22)12(3)17(21(23)26)18(24)19-13(4)14-9-11(2)6-7-16(14)27-19/h6-7,9,26H,5,8H2,1-4H3. The van der Waals surface area contributed by atoms with Gasteiger partial charge in [-0.05, 0) is 44.9 Å². The maximum absolute atomic E-state index is 13.2. The summed E-state index contributed by atoms with van der Waals surface area (Å²) in [6.45, 7) is 7.26. The van der Waals surface area contributed by atoms with Crippen molar-refractivity contribution in [3.8, 4) is 11.9 Å². The summed E-state index contributed by atoms with van der Waals surface area (Å²) in [6, 6.07) is 7.46. The number of furan rings is 1. The zero-order valence-corrected chi connectivity index (χ0v) is 15.7. The maximum atomic E-state index is 13.2. The second-order valence-corrected chi connectivity index (χ2v) is 6.65. The minimum Gasteiger partial charge on any atom is -0.494 e. The van der Waals surface area contributed by atoms with Crippen molar-refractivity contribution in [1.82, 2.24) is 4.57 Å². The third-order valence-corrected chi connectivity index (χ3v) is 4.77. The summed E-state index contributed by atoms with van der Waals surface area (Å²) < 4.78 is 6.82. The summed E-state index contributed by atoms with van der Waals surface area (Å²) in [5.74, 6) is -0.878. The van der Waals surface area contributed by atoms with Gasteiger partial charge in [-0.2, -0.15) is 5.26 Å². The summed E-state index contributed by atoms with van der Waals surface area (Å²) in [4.78, 5) is 25.7. The first-order valence-electron chi connectivity index (χ1n) is 8.72. The van der Waals surface area contributed by atoms with E-state index in [4.69, 9.17) is 4.42 Å². The van der Waals surface area contributed by atoms with Gasteiger partial charge < -0.3 is 9.52 Å². The molecule has 1 N–H and O–H groups in total. The zero-order valence-electron chi connectivity index (χ0n) is 15.7. The molecule has 2 heterocycles. The van der Waals surface area contributed by atoms with Gasteiger partial charge in [0.05, 0.1) is 5.56 Å². The normalized spacial score (nSPS) is 10.9. The molecule has 6 nitrogen and oxygen atoms in total. The molecular formula is C21H20N2O4. The highest BCUT2D eigenvalue weighted by atomic mass is 16.3. The molecule has 27 heavy (non-hydrogen) atoms. The van der Waals surface area contributed by atoms with Gasteiger partial charge in [-0.25, -0.2) is 0 Å². The average Bonchev–Trinajstić information content (AvgIpc) is 2.95. The first-order valence-corrected chi connectivity index (χ1v) is 8.72. The number of aromatic nitrogens is 1. The van der Waals surface area contributed by atoms with E-state index in [1.54, 1.807) is 13.0 Å². The predicted molar refractivity (Wildman–Crippen MR) is 101 cm³/mol. The van der Waals surface area contributed by atoms with Crippen LogP contribution in [0.1, 0.15) is 51.7 Å². The number of rotatable bonds is 4. The summed E-state index contributed by atoms with van der Waals surface area (Å²) >= 11 is 0. The molecule has 1 aromatic carbocycles. The molecule has 3 aromatic rings. The van der Waals surface area contributed by atoms with Crippen molar-refractivity contribution in [2.45, 2.75) is 40.7 Å². The minimum atomic E-state index is -0.595. The molecule has 0 unspecified atom stereocenters. The number of hydrogen-bond acceptors (Lipinski definition) is 5. The fourth-order valence-corrected chi connectivity index (χ4v) is 3.32. The van der Waals surface area contributed by atoms with Crippen LogP contribution < -0.4 is 5.56 Å². The second-order valence-electron chi connectivity index (χ2n) is 6.65. The van der Waals surface area contributed by atoms with Crippen molar-refractivity contribution in [3.05, 3.63) is 62.1 Å². The molecule has 0 spiro atoms. The molecule has 0 aliphatic carbocycles. The lowest BCUT2D eigenvalue weighted by atomic mass is 9.98. The number of nitriles is 1. The summed E-state index contributed by atoms with van der Waals surface area (Å²) in [5, 5.41) is 20.8. The van der Waals surface area contributed by atoms with Gasteiger partial charge in [0.25, 0.3) is 5.56 Å². The average molecular weight is 364 g/mol. The summed E-state index contributed by atoms with van der Waals surface area (Å²) in [6.07, 6.45) is 0.567. The van der Waals surface area contributed by atoms with E-state index in [9.17, 15) is 20.0 Å². The lowest BCUT2D eigenvalue weighted by Gasteiger charge is -2.14. The van der Waals surface area contributed by atoms with E-state index < -0.39 is 17.2 Å². The quantitative estimate of drug-likeness (QED) is 0.712. The predicted octanol–water partition coefficient (Wildman–Crippen LogP) is 3.74. The molecule has 0 bridgehead atoms. The highest BCUT2D eigenvalue weighted by molar-refractivity contribution is 6.12. The molecule has 0 saturated heterocycles. The van der Waals surface area contributed by atoms with Crippen molar-refractivity contribution in [3.63, 3.8) is 0 Å². The van der Waals surface area contributed by atoms with Crippen LogP contribution in [0.15, 0.2) is 27.4 Å². The van der Waals surface area contributed by atoms with Crippen LogP contribution in [0.4, 0.5) is 0 Å². The van der Waals surface area contributed by atoms with E-state index in [0.717, 1.165) is 15.5 Å². The van der Waals surface area contributed by atoms with Gasteiger partial charge in [0.2, 0.25) is 11.7 Å².